The molecule has 0 saturated carbocycles. The molecule has 1 atom stereocenters. The molecule has 176 valence electrons. The van der Waals surface area contributed by atoms with E-state index < -0.39 is 6.23 Å². The van der Waals surface area contributed by atoms with Crippen molar-refractivity contribution in [1.82, 2.24) is 4.90 Å². The zero-order chi connectivity index (χ0) is 23.8. The van der Waals surface area contributed by atoms with Crippen molar-refractivity contribution >= 4 is 29.5 Å². The highest BCUT2D eigenvalue weighted by atomic mass is 16.5. The number of guanidine groups is 1. The largest absolute Gasteiger partial charge is 0.491 e. The summed E-state index contributed by atoms with van der Waals surface area (Å²) in [5.74, 6) is 1.13. The fourth-order valence-electron chi connectivity index (χ4n) is 3.46. The van der Waals surface area contributed by atoms with Gasteiger partial charge < -0.3 is 25.0 Å². The first-order valence-corrected chi connectivity index (χ1v) is 11.1. The van der Waals surface area contributed by atoms with Crippen LogP contribution in [-0.2, 0) is 20.9 Å². The molecule has 1 aliphatic heterocycles. The molecule has 1 unspecified atom stereocenters. The Hall–Kier alpha value is -3.39. The summed E-state index contributed by atoms with van der Waals surface area (Å²) < 4.78 is 11.6. The minimum atomic E-state index is -0.790. The van der Waals surface area contributed by atoms with Crippen molar-refractivity contribution in [3.8, 4) is 5.75 Å². The highest BCUT2D eigenvalue weighted by Gasteiger charge is 2.27. The third kappa shape index (κ3) is 6.32. The normalized spacial score (nSPS) is 13.8. The number of anilines is 1. The number of carbonyl (C=O) groups excluding carboxylic acids is 2. The molecule has 1 heterocycles. The number of ether oxygens (including phenoxy) is 2. The second kappa shape index (κ2) is 11.5. The Bertz CT molecular complexity index is 978. The lowest BCUT2D eigenvalue weighted by atomic mass is 10.1. The van der Waals surface area contributed by atoms with Crippen LogP contribution in [0, 0.1) is 5.92 Å². The summed E-state index contributed by atoms with van der Waals surface area (Å²) in [7, 11) is 1.77. The number of para-hydroxylation sites is 2. The van der Waals surface area contributed by atoms with Crippen LogP contribution in [0.5, 0.6) is 5.75 Å². The van der Waals surface area contributed by atoms with Crippen LogP contribution in [0.2, 0.25) is 0 Å². The van der Waals surface area contributed by atoms with Gasteiger partial charge in [-0.2, -0.15) is 0 Å². The highest BCUT2D eigenvalue weighted by molar-refractivity contribution is 5.92. The van der Waals surface area contributed by atoms with E-state index in [1.54, 1.807) is 16.8 Å². The van der Waals surface area contributed by atoms with E-state index in [4.69, 9.17) is 15.2 Å². The van der Waals surface area contributed by atoms with Crippen molar-refractivity contribution in [2.45, 2.75) is 39.5 Å². The van der Waals surface area contributed by atoms with Crippen molar-refractivity contribution in [1.29, 1.82) is 0 Å². The van der Waals surface area contributed by atoms with Crippen LogP contribution < -0.4 is 15.4 Å². The van der Waals surface area contributed by atoms with E-state index in [1.165, 1.54) is 0 Å². The number of amides is 1. The number of aldehydes is 1. The first-order valence-electron chi connectivity index (χ1n) is 11.1. The molecule has 0 aliphatic carbocycles. The van der Waals surface area contributed by atoms with Crippen molar-refractivity contribution < 1.29 is 19.1 Å². The van der Waals surface area contributed by atoms with E-state index in [0.29, 0.717) is 50.0 Å². The van der Waals surface area contributed by atoms with E-state index >= 15 is 0 Å². The summed E-state index contributed by atoms with van der Waals surface area (Å²) in [6.07, 6.45) is 0.885. The standard InChI is InChI=1S/C25H32N4O4/c1-18(2)17-33-23(16-30)29-15-19-9-7-12-21(24(19)27-25(29)26)32-14-8-13-22(31)28(3)20-10-5-4-6-11-20/h4-7,9-12,16,18,23H,8,13-15,17H2,1-3H3,(H2,26,27). The van der Waals surface area contributed by atoms with Crippen molar-refractivity contribution in [2.75, 3.05) is 25.2 Å². The molecule has 0 aromatic heterocycles. The molecule has 0 fully saturated rings. The van der Waals surface area contributed by atoms with Gasteiger partial charge in [-0.1, -0.05) is 44.2 Å². The molecule has 8 heteroatoms. The van der Waals surface area contributed by atoms with Gasteiger partial charge in [-0.3, -0.25) is 9.59 Å². The molecule has 2 aromatic carbocycles. The number of carbonyl (C=O) groups is 2. The zero-order valence-corrected chi connectivity index (χ0v) is 19.4. The SMILES string of the molecule is CC(C)COC(C=O)N1Cc2cccc(OCCCC(=O)N(C)c3ccccc3)c2N=C1N. The third-order valence-corrected chi connectivity index (χ3v) is 5.28. The summed E-state index contributed by atoms with van der Waals surface area (Å²) in [4.78, 5) is 31.8. The summed E-state index contributed by atoms with van der Waals surface area (Å²) in [6, 6.07) is 15.2. The van der Waals surface area contributed by atoms with Gasteiger partial charge >= 0.3 is 0 Å². The van der Waals surface area contributed by atoms with Gasteiger partial charge in [0.1, 0.15) is 11.4 Å². The number of nitrogens with two attached hydrogens (primary N) is 1. The van der Waals surface area contributed by atoms with Crippen LogP contribution in [0.25, 0.3) is 0 Å². The van der Waals surface area contributed by atoms with Gasteiger partial charge in [0.25, 0.3) is 0 Å². The maximum absolute atomic E-state index is 12.4. The summed E-state index contributed by atoms with van der Waals surface area (Å²) in [5, 5.41) is 0. The molecular formula is C25H32N4O4. The Morgan fingerprint density at radius 2 is 1.97 bits per heavy atom. The van der Waals surface area contributed by atoms with Crippen molar-refractivity contribution in [2.24, 2.45) is 16.6 Å². The van der Waals surface area contributed by atoms with E-state index in [2.05, 4.69) is 4.99 Å². The molecule has 0 bridgehead atoms. The second-order valence-electron chi connectivity index (χ2n) is 8.36. The van der Waals surface area contributed by atoms with Crippen LogP contribution in [-0.4, -0.2) is 49.5 Å². The molecule has 0 radical (unpaired) electrons. The Morgan fingerprint density at radius 1 is 1.21 bits per heavy atom. The van der Waals surface area contributed by atoms with E-state index in [1.807, 2.05) is 62.4 Å². The Morgan fingerprint density at radius 3 is 2.67 bits per heavy atom. The van der Waals surface area contributed by atoms with Crippen LogP contribution in [0.1, 0.15) is 32.3 Å². The van der Waals surface area contributed by atoms with Gasteiger partial charge in [-0.05, 0) is 30.5 Å². The first kappa shape index (κ1) is 24.3. The van der Waals surface area contributed by atoms with Gasteiger partial charge in [0, 0.05) is 24.7 Å². The fourth-order valence-corrected chi connectivity index (χ4v) is 3.46. The molecule has 0 saturated heterocycles. The zero-order valence-electron chi connectivity index (χ0n) is 19.4. The first-order chi connectivity index (χ1) is 15.9. The average molecular weight is 453 g/mol. The molecule has 0 spiro atoms. The van der Waals surface area contributed by atoms with Gasteiger partial charge in [-0.15, -0.1) is 0 Å². The number of benzene rings is 2. The number of hydrogen-bond acceptors (Lipinski definition) is 7. The van der Waals surface area contributed by atoms with Crippen LogP contribution in [0.15, 0.2) is 53.5 Å². The third-order valence-electron chi connectivity index (χ3n) is 5.28. The number of rotatable bonds is 11. The van der Waals surface area contributed by atoms with Crippen molar-refractivity contribution in [3.05, 3.63) is 54.1 Å². The molecule has 2 N–H and O–H groups in total. The number of hydrogen-bond donors (Lipinski definition) is 1. The van der Waals surface area contributed by atoms with Crippen LogP contribution >= 0.6 is 0 Å². The molecule has 33 heavy (non-hydrogen) atoms. The quantitative estimate of drug-likeness (QED) is 0.414. The molecule has 2 aromatic rings. The lowest BCUT2D eigenvalue weighted by molar-refractivity contribution is -0.128. The van der Waals surface area contributed by atoms with Gasteiger partial charge in [0.05, 0.1) is 19.8 Å². The van der Waals surface area contributed by atoms with Gasteiger partial charge in [-0.25, -0.2) is 4.99 Å². The Balaban J connectivity index is 1.58. The summed E-state index contributed by atoms with van der Waals surface area (Å²) in [5.41, 5.74) is 8.56. The highest BCUT2D eigenvalue weighted by Crippen LogP contribution is 2.35. The molecule has 1 aliphatic rings. The lowest BCUT2D eigenvalue weighted by Crippen LogP contribution is -2.47. The topological polar surface area (TPSA) is 97.5 Å². The molecular weight excluding hydrogens is 420 g/mol. The smallest absolute Gasteiger partial charge is 0.226 e. The van der Waals surface area contributed by atoms with E-state index in [0.717, 1.165) is 17.5 Å². The molecule has 1 amide bonds. The summed E-state index contributed by atoms with van der Waals surface area (Å²) in [6.45, 7) is 5.24. The number of fused-ring (bicyclic) bond motifs is 1. The number of nitrogens with zero attached hydrogens (tertiary/aromatic N) is 3. The number of aliphatic imine (C=N–C) groups is 1. The predicted octanol–water partition coefficient (Wildman–Crippen LogP) is 3.47. The lowest BCUT2D eigenvalue weighted by Gasteiger charge is -2.33. The van der Waals surface area contributed by atoms with Gasteiger partial charge in [0.2, 0.25) is 5.91 Å². The maximum Gasteiger partial charge on any atom is 0.226 e. The van der Waals surface area contributed by atoms with Crippen molar-refractivity contribution in [3.63, 3.8) is 0 Å². The fraction of sp³-hybridized carbons (Fsp3) is 0.400. The van der Waals surface area contributed by atoms with Crippen LogP contribution in [0.4, 0.5) is 11.4 Å². The van der Waals surface area contributed by atoms with Crippen LogP contribution in [0.3, 0.4) is 0 Å². The van der Waals surface area contributed by atoms with E-state index in [-0.39, 0.29) is 11.9 Å². The maximum atomic E-state index is 12.4. The minimum absolute atomic E-state index is 0.0269. The molecule has 8 nitrogen and oxygen atoms in total. The predicted molar refractivity (Wildman–Crippen MR) is 128 cm³/mol. The molecule has 3 rings (SSSR count). The van der Waals surface area contributed by atoms with Gasteiger partial charge in [0.15, 0.2) is 18.5 Å². The Labute approximate surface area is 195 Å². The van der Waals surface area contributed by atoms with E-state index in [9.17, 15) is 9.59 Å². The summed E-state index contributed by atoms with van der Waals surface area (Å²) >= 11 is 0. The minimum Gasteiger partial charge on any atom is -0.491 e. The Kier molecular flexibility index (Phi) is 8.43. The monoisotopic (exact) mass is 452 g/mol. The average Bonchev–Trinajstić information content (AvgIpc) is 2.82. The second-order valence-corrected chi connectivity index (χ2v) is 8.36.